The second-order valence-electron chi connectivity index (χ2n) is 2.98. The van der Waals surface area contributed by atoms with E-state index >= 15 is 0 Å². The lowest BCUT2D eigenvalue weighted by molar-refractivity contribution is -0.141. The minimum absolute atomic E-state index is 0.149. The van der Waals surface area contributed by atoms with Crippen LogP contribution in [0.15, 0.2) is 42.2 Å². The van der Waals surface area contributed by atoms with Crippen LogP contribution < -0.4 is 0 Å². The number of hydrogen-bond acceptors (Lipinski definition) is 4. The van der Waals surface area contributed by atoms with Gasteiger partial charge in [0, 0.05) is 11.6 Å². The molecule has 84 valence electrons. The van der Waals surface area contributed by atoms with Crippen molar-refractivity contribution in [1.29, 1.82) is 0 Å². The van der Waals surface area contributed by atoms with E-state index < -0.39 is 17.5 Å². The van der Waals surface area contributed by atoms with Gasteiger partial charge in [0.1, 0.15) is 0 Å². The Bertz CT molecular complexity index is 406. The molecule has 0 spiro atoms. The molecule has 0 heterocycles. The van der Waals surface area contributed by atoms with Crippen molar-refractivity contribution in [3.05, 3.63) is 47.7 Å². The summed E-state index contributed by atoms with van der Waals surface area (Å²) in [5.74, 6) is -2.02. The standard InChI is InChI=1S/C12H12O4/c1-2-16-12(15)11(14)8-10(13)9-6-4-3-5-7-9/h3-8,14H,2H2,1H3/b11-8+. The van der Waals surface area contributed by atoms with Crippen LogP contribution in [0.1, 0.15) is 17.3 Å². The molecule has 0 saturated heterocycles. The number of aliphatic hydroxyl groups is 1. The predicted octanol–water partition coefficient (Wildman–Crippen LogP) is 1.87. The third-order valence-corrected chi connectivity index (χ3v) is 1.81. The van der Waals surface area contributed by atoms with Crippen LogP contribution in [-0.2, 0) is 9.53 Å². The molecule has 1 N–H and O–H groups in total. The van der Waals surface area contributed by atoms with E-state index in [0.717, 1.165) is 6.08 Å². The summed E-state index contributed by atoms with van der Waals surface area (Å²) in [5.41, 5.74) is 0.401. The van der Waals surface area contributed by atoms with Gasteiger partial charge < -0.3 is 9.84 Å². The van der Waals surface area contributed by atoms with E-state index in [1.807, 2.05) is 0 Å². The zero-order valence-electron chi connectivity index (χ0n) is 8.84. The first-order chi connectivity index (χ1) is 7.65. The molecule has 0 unspecified atom stereocenters. The average Bonchev–Trinajstić information content (AvgIpc) is 2.30. The summed E-state index contributed by atoms with van der Waals surface area (Å²) in [5, 5.41) is 9.25. The minimum Gasteiger partial charge on any atom is -0.502 e. The van der Waals surface area contributed by atoms with Crippen LogP contribution in [-0.4, -0.2) is 23.5 Å². The van der Waals surface area contributed by atoms with Gasteiger partial charge in [-0.15, -0.1) is 0 Å². The van der Waals surface area contributed by atoms with Crippen LogP contribution in [0.25, 0.3) is 0 Å². The molecule has 0 radical (unpaired) electrons. The van der Waals surface area contributed by atoms with E-state index in [0.29, 0.717) is 5.56 Å². The number of rotatable bonds is 4. The fraction of sp³-hybridized carbons (Fsp3) is 0.167. The van der Waals surface area contributed by atoms with Gasteiger partial charge in [0.05, 0.1) is 6.61 Å². The highest BCUT2D eigenvalue weighted by atomic mass is 16.5. The Morgan fingerprint density at radius 2 is 1.94 bits per heavy atom. The molecule has 0 bridgehead atoms. The lowest BCUT2D eigenvalue weighted by Crippen LogP contribution is -2.09. The van der Waals surface area contributed by atoms with E-state index in [-0.39, 0.29) is 6.61 Å². The summed E-state index contributed by atoms with van der Waals surface area (Å²) >= 11 is 0. The van der Waals surface area contributed by atoms with Crippen LogP contribution in [0, 0.1) is 0 Å². The lowest BCUT2D eigenvalue weighted by atomic mass is 10.1. The summed E-state index contributed by atoms with van der Waals surface area (Å²) in [6.45, 7) is 1.76. The molecule has 0 fully saturated rings. The highest BCUT2D eigenvalue weighted by Crippen LogP contribution is 2.03. The average molecular weight is 220 g/mol. The first-order valence-corrected chi connectivity index (χ1v) is 4.82. The summed E-state index contributed by atoms with van der Waals surface area (Å²) in [6, 6.07) is 8.35. The van der Waals surface area contributed by atoms with Gasteiger partial charge in [0.15, 0.2) is 5.78 Å². The Morgan fingerprint density at radius 3 is 2.50 bits per heavy atom. The van der Waals surface area contributed by atoms with Crippen molar-refractivity contribution in [2.24, 2.45) is 0 Å². The number of ketones is 1. The highest BCUT2D eigenvalue weighted by Gasteiger charge is 2.11. The first-order valence-electron chi connectivity index (χ1n) is 4.82. The van der Waals surface area contributed by atoms with Crippen molar-refractivity contribution in [2.75, 3.05) is 6.61 Å². The number of aliphatic hydroxyl groups excluding tert-OH is 1. The molecule has 0 aromatic heterocycles. The molecular formula is C12H12O4. The minimum atomic E-state index is -0.896. The molecule has 0 amide bonds. The van der Waals surface area contributed by atoms with Crippen molar-refractivity contribution in [2.45, 2.75) is 6.92 Å². The van der Waals surface area contributed by atoms with Crippen LogP contribution in [0.5, 0.6) is 0 Å². The molecule has 4 heteroatoms. The fourth-order valence-electron chi connectivity index (χ4n) is 1.07. The molecule has 0 aliphatic rings. The molecular weight excluding hydrogens is 208 g/mol. The van der Waals surface area contributed by atoms with Gasteiger partial charge >= 0.3 is 5.97 Å². The van der Waals surface area contributed by atoms with Crippen LogP contribution in [0.2, 0.25) is 0 Å². The number of benzene rings is 1. The smallest absolute Gasteiger partial charge is 0.373 e. The number of allylic oxidation sites excluding steroid dienone is 1. The fourth-order valence-corrected chi connectivity index (χ4v) is 1.07. The van der Waals surface area contributed by atoms with Crippen molar-refractivity contribution < 1.29 is 19.4 Å². The van der Waals surface area contributed by atoms with Gasteiger partial charge in [-0.2, -0.15) is 0 Å². The van der Waals surface area contributed by atoms with Crippen molar-refractivity contribution >= 4 is 11.8 Å². The van der Waals surface area contributed by atoms with E-state index in [2.05, 4.69) is 4.74 Å². The molecule has 1 aromatic rings. The van der Waals surface area contributed by atoms with Crippen LogP contribution in [0.4, 0.5) is 0 Å². The molecule has 4 nitrogen and oxygen atoms in total. The van der Waals surface area contributed by atoms with Crippen LogP contribution in [0.3, 0.4) is 0 Å². The maximum absolute atomic E-state index is 11.5. The van der Waals surface area contributed by atoms with Gasteiger partial charge in [0.2, 0.25) is 5.76 Å². The van der Waals surface area contributed by atoms with E-state index in [9.17, 15) is 14.7 Å². The van der Waals surface area contributed by atoms with Crippen molar-refractivity contribution in [3.63, 3.8) is 0 Å². The van der Waals surface area contributed by atoms with Gasteiger partial charge in [-0.05, 0) is 6.92 Å². The van der Waals surface area contributed by atoms with Gasteiger partial charge in [-0.25, -0.2) is 4.79 Å². The number of hydrogen-bond donors (Lipinski definition) is 1. The second kappa shape index (κ2) is 5.70. The number of ether oxygens (including phenoxy) is 1. The monoisotopic (exact) mass is 220 g/mol. The Labute approximate surface area is 93.2 Å². The SMILES string of the molecule is CCOC(=O)/C(O)=C\C(=O)c1ccccc1. The number of carbonyl (C=O) groups excluding carboxylic acids is 2. The molecule has 1 rings (SSSR count). The molecule has 0 aliphatic carbocycles. The summed E-state index contributed by atoms with van der Waals surface area (Å²) < 4.78 is 4.53. The quantitative estimate of drug-likeness (QED) is 0.364. The van der Waals surface area contributed by atoms with E-state index in [1.165, 1.54) is 0 Å². The van der Waals surface area contributed by atoms with E-state index in [4.69, 9.17) is 0 Å². The van der Waals surface area contributed by atoms with Crippen molar-refractivity contribution in [3.8, 4) is 0 Å². The summed E-state index contributed by atoms with van der Waals surface area (Å²) in [4.78, 5) is 22.5. The zero-order valence-corrected chi connectivity index (χ0v) is 8.84. The van der Waals surface area contributed by atoms with E-state index in [1.54, 1.807) is 37.3 Å². The third kappa shape index (κ3) is 3.24. The third-order valence-electron chi connectivity index (χ3n) is 1.81. The molecule has 0 saturated carbocycles. The first kappa shape index (κ1) is 12.0. The van der Waals surface area contributed by atoms with Gasteiger partial charge in [-0.1, -0.05) is 30.3 Å². The second-order valence-corrected chi connectivity index (χ2v) is 2.98. The summed E-state index contributed by atoms with van der Waals surface area (Å²) in [6.07, 6.45) is 0.854. The van der Waals surface area contributed by atoms with Gasteiger partial charge in [-0.3, -0.25) is 4.79 Å². The highest BCUT2D eigenvalue weighted by molar-refractivity contribution is 6.07. The number of carbonyl (C=O) groups is 2. The largest absolute Gasteiger partial charge is 0.502 e. The Hall–Kier alpha value is -2.10. The molecule has 0 atom stereocenters. The van der Waals surface area contributed by atoms with Crippen molar-refractivity contribution in [1.82, 2.24) is 0 Å². The van der Waals surface area contributed by atoms with Gasteiger partial charge in [0.25, 0.3) is 0 Å². The summed E-state index contributed by atoms with van der Waals surface area (Å²) in [7, 11) is 0. The predicted molar refractivity (Wildman–Crippen MR) is 58.1 cm³/mol. The topological polar surface area (TPSA) is 63.6 Å². The maximum atomic E-state index is 11.5. The molecule has 16 heavy (non-hydrogen) atoms. The lowest BCUT2D eigenvalue weighted by Gasteiger charge is -1.99. The normalized spacial score (nSPS) is 10.9. The zero-order chi connectivity index (χ0) is 12.0. The Morgan fingerprint density at radius 1 is 1.31 bits per heavy atom. The Balaban J connectivity index is 2.77. The molecule has 0 aliphatic heterocycles. The maximum Gasteiger partial charge on any atom is 0.373 e. The van der Waals surface area contributed by atoms with Crippen LogP contribution >= 0.6 is 0 Å². The Kier molecular flexibility index (Phi) is 4.27. The molecule has 1 aromatic carbocycles. The number of esters is 1.